The van der Waals surface area contributed by atoms with E-state index in [1.165, 1.54) is 0 Å². The number of rotatable bonds is 5. The van der Waals surface area contributed by atoms with Gasteiger partial charge >= 0.3 is 0 Å². The number of nitrogens with zero attached hydrogens (tertiary/aromatic N) is 3. The van der Waals surface area contributed by atoms with Crippen LogP contribution in [0.1, 0.15) is 32.4 Å². The van der Waals surface area contributed by atoms with Gasteiger partial charge in [-0.2, -0.15) is 5.10 Å². The van der Waals surface area contributed by atoms with Crippen molar-refractivity contribution in [1.82, 2.24) is 14.6 Å². The van der Waals surface area contributed by atoms with Gasteiger partial charge < -0.3 is 11.1 Å². The molecular formula is C13H21N5. The van der Waals surface area contributed by atoms with E-state index in [9.17, 15) is 0 Å². The van der Waals surface area contributed by atoms with E-state index < -0.39 is 0 Å². The molecule has 5 heteroatoms. The van der Waals surface area contributed by atoms with Crippen LogP contribution in [0.25, 0.3) is 5.52 Å². The molecule has 2 heterocycles. The second kappa shape index (κ2) is 4.94. The lowest BCUT2D eigenvalue weighted by atomic mass is 9.93. The summed E-state index contributed by atoms with van der Waals surface area (Å²) >= 11 is 0. The topological polar surface area (TPSA) is 68.2 Å². The highest BCUT2D eigenvalue weighted by atomic mass is 15.2. The summed E-state index contributed by atoms with van der Waals surface area (Å²) < 4.78 is 1.84. The SMILES string of the molecule is CCC(CC)(CN)Nc1nccn2nc(C)cc12. The predicted molar refractivity (Wildman–Crippen MR) is 73.7 cm³/mol. The molecule has 18 heavy (non-hydrogen) atoms. The van der Waals surface area contributed by atoms with E-state index >= 15 is 0 Å². The van der Waals surface area contributed by atoms with Crippen LogP contribution in [0.2, 0.25) is 0 Å². The van der Waals surface area contributed by atoms with Crippen LogP contribution in [-0.4, -0.2) is 26.7 Å². The van der Waals surface area contributed by atoms with Gasteiger partial charge in [0.15, 0.2) is 5.82 Å². The molecule has 2 aromatic heterocycles. The maximum Gasteiger partial charge on any atom is 0.152 e. The molecule has 3 N–H and O–H groups in total. The zero-order chi connectivity index (χ0) is 13.2. The Labute approximate surface area is 107 Å². The van der Waals surface area contributed by atoms with Crippen molar-refractivity contribution in [3.63, 3.8) is 0 Å². The fourth-order valence-corrected chi connectivity index (χ4v) is 2.16. The minimum absolute atomic E-state index is 0.0903. The summed E-state index contributed by atoms with van der Waals surface area (Å²) in [6.45, 7) is 6.86. The molecule has 0 unspecified atom stereocenters. The fourth-order valence-electron chi connectivity index (χ4n) is 2.16. The molecule has 0 spiro atoms. The van der Waals surface area contributed by atoms with Crippen LogP contribution >= 0.6 is 0 Å². The summed E-state index contributed by atoms with van der Waals surface area (Å²) in [6.07, 6.45) is 5.55. The lowest BCUT2D eigenvalue weighted by Gasteiger charge is -2.32. The molecule has 0 aliphatic heterocycles. The molecule has 0 fully saturated rings. The number of nitrogens with two attached hydrogens (primary N) is 1. The van der Waals surface area contributed by atoms with Gasteiger partial charge in [0, 0.05) is 18.9 Å². The van der Waals surface area contributed by atoms with Gasteiger partial charge in [-0.05, 0) is 25.8 Å². The quantitative estimate of drug-likeness (QED) is 0.847. The summed E-state index contributed by atoms with van der Waals surface area (Å²) in [4.78, 5) is 4.42. The molecule has 0 aliphatic rings. The van der Waals surface area contributed by atoms with E-state index in [-0.39, 0.29) is 5.54 Å². The first-order valence-electron chi connectivity index (χ1n) is 6.43. The molecule has 0 aliphatic carbocycles. The Morgan fingerprint density at radius 1 is 1.39 bits per heavy atom. The Balaban J connectivity index is 2.42. The predicted octanol–water partition coefficient (Wildman–Crippen LogP) is 1.97. The standard InChI is InChI=1S/C13H21N5/c1-4-13(5-2,9-14)16-12-11-8-10(3)17-18(11)7-6-15-12/h6-8H,4-5,9,14H2,1-3H3,(H,15,16). The van der Waals surface area contributed by atoms with Crippen LogP contribution in [0.4, 0.5) is 5.82 Å². The monoisotopic (exact) mass is 247 g/mol. The number of hydrogen-bond donors (Lipinski definition) is 2. The van der Waals surface area contributed by atoms with Gasteiger partial charge in [-0.15, -0.1) is 0 Å². The van der Waals surface area contributed by atoms with Crippen molar-refractivity contribution in [3.8, 4) is 0 Å². The summed E-state index contributed by atoms with van der Waals surface area (Å²) in [5.41, 5.74) is 7.80. The van der Waals surface area contributed by atoms with Crippen LogP contribution in [0.3, 0.4) is 0 Å². The highest BCUT2D eigenvalue weighted by Gasteiger charge is 2.25. The maximum atomic E-state index is 5.91. The van der Waals surface area contributed by atoms with Gasteiger partial charge in [0.25, 0.3) is 0 Å². The van der Waals surface area contributed by atoms with Crippen LogP contribution in [0.5, 0.6) is 0 Å². The first-order valence-corrected chi connectivity index (χ1v) is 6.43. The first kappa shape index (κ1) is 12.8. The Morgan fingerprint density at radius 3 is 2.72 bits per heavy atom. The zero-order valence-corrected chi connectivity index (χ0v) is 11.3. The summed E-state index contributed by atoms with van der Waals surface area (Å²) in [5.74, 6) is 0.854. The third kappa shape index (κ3) is 2.18. The van der Waals surface area contributed by atoms with E-state index in [1.807, 2.05) is 23.7 Å². The Morgan fingerprint density at radius 2 is 2.11 bits per heavy atom. The van der Waals surface area contributed by atoms with Gasteiger partial charge in [-0.25, -0.2) is 9.50 Å². The van der Waals surface area contributed by atoms with Crippen LogP contribution < -0.4 is 11.1 Å². The molecule has 5 nitrogen and oxygen atoms in total. The third-order valence-electron chi connectivity index (χ3n) is 3.64. The number of fused-ring (bicyclic) bond motifs is 1. The summed E-state index contributed by atoms with van der Waals surface area (Å²) in [5, 5.41) is 7.89. The lowest BCUT2D eigenvalue weighted by Crippen LogP contribution is -2.44. The van der Waals surface area contributed by atoms with Crippen LogP contribution in [-0.2, 0) is 0 Å². The van der Waals surface area contributed by atoms with E-state index in [0.29, 0.717) is 6.54 Å². The van der Waals surface area contributed by atoms with E-state index in [0.717, 1.165) is 29.9 Å². The highest BCUT2D eigenvalue weighted by Crippen LogP contribution is 2.23. The molecule has 0 saturated carbocycles. The van der Waals surface area contributed by atoms with Crippen molar-refractivity contribution in [1.29, 1.82) is 0 Å². The maximum absolute atomic E-state index is 5.91. The molecule has 0 bridgehead atoms. The first-order chi connectivity index (χ1) is 8.64. The Kier molecular flexibility index (Phi) is 3.52. The molecule has 0 saturated heterocycles. The number of nitrogens with one attached hydrogen (secondary N) is 1. The molecule has 2 rings (SSSR count). The molecular weight excluding hydrogens is 226 g/mol. The van der Waals surface area contributed by atoms with Gasteiger partial charge in [-0.1, -0.05) is 13.8 Å². The molecule has 0 atom stereocenters. The van der Waals surface area contributed by atoms with Crippen molar-refractivity contribution in [2.75, 3.05) is 11.9 Å². The average molecular weight is 247 g/mol. The van der Waals surface area contributed by atoms with Crippen molar-refractivity contribution in [2.45, 2.75) is 39.2 Å². The number of anilines is 1. The molecule has 2 aromatic rings. The van der Waals surface area contributed by atoms with Crippen molar-refractivity contribution in [2.24, 2.45) is 5.73 Å². The Bertz CT molecular complexity index is 519. The number of aromatic nitrogens is 3. The molecule has 98 valence electrons. The van der Waals surface area contributed by atoms with Gasteiger partial charge in [0.2, 0.25) is 0 Å². The van der Waals surface area contributed by atoms with E-state index in [4.69, 9.17) is 5.73 Å². The Hall–Kier alpha value is -1.62. The van der Waals surface area contributed by atoms with E-state index in [2.05, 4.69) is 29.2 Å². The molecule has 0 aromatic carbocycles. The van der Waals surface area contributed by atoms with Crippen molar-refractivity contribution < 1.29 is 0 Å². The molecule has 0 radical (unpaired) electrons. The zero-order valence-electron chi connectivity index (χ0n) is 11.3. The van der Waals surface area contributed by atoms with Crippen molar-refractivity contribution >= 4 is 11.3 Å². The number of aryl methyl sites for hydroxylation is 1. The summed E-state index contributed by atoms with van der Waals surface area (Å²) in [7, 11) is 0. The second-order valence-electron chi connectivity index (χ2n) is 4.71. The van der Waals surface area contributed by atoms with Gasteiger partial charge in [-0.3, -0.25) is 0 Å². The van der Waals surface area contributed by atoms with Gasteiger partial charge in [0.05, 0.1) is 11.2 Å². The molecule has 0 amide bonds. The minimum atomic E-state index is -0.0903. The fraction of sp³-hybridized carbons (Fsp3) is 0.538. The van der Waals surface area contributed by atoms with Crippen molar-refractivity contribution in [3.05, 3.63) is 24.2 Å². The third-order valence-corrected chi connectivity index (χ3v) is 3.64. The lowest BCUT2D eigenvalue weighted by molar-refractivity contribution is 0.444. The average Bonchev–Trinajstić information content (AvgIpc) is 2.77. The number of hydrogen-bond acceptors (Lipinski definition) is 4. The van der Waals surface area contributed by atoms with E-state index in [1.54, 1.807) is 6.20 Å². The van der Waals surface area contributed by atoms with Crippen LogP contribution in [0.15, 0.2) is 18.5 Å². The normalized spacial score (nSPS) is 12.0. The summed E-state index contributed by atoms with van der Waals surface area (Å²) in [6, 6.07) is 2.03. The highest BCUT2D eigenvalue weighted by molar-refractivity contribution is 5.68. The van der Waals surface area contributed by atoms with Crippen LogP contribution in [0, 0.1) is 6.92 Å². The second-order valence-corrected chi connectivity index (χ2v) is 4.71. The van der Waals surface area contributed by atoms with Gasteiger partial charge in [0.1, 0.15) is 5.52 Å². The minimum Gasteiger partial charge on any atom is -0.362 e. The largest absolute Gasteiger partial charge is 0.362 e. The smallest absolute Gasteiger partial charge is 0.152 e.